The molecule has 24 heavy (non-hydrogen) atoms. The summed E-state index contributed by atoms with van der Waals surface area (Å²) in [4.78, 5) is 0. The third-order valence-electron chi connectivity index (χ3n) is 4.99. The minimum atomic E-state index is -0.168. The van der Waals surface area contributed by atoms with Crippen molar-refractivity contribution in [3.8, 4) is 5.75 Å². The fourth-order valence-electron chi connectivity index (χ4n) is 2.92. The molecule has 1 aromatic carbocycles. The van der Waals surface area contributed by atoms with E-state index in [1.54, 1.807) is 0 Å². The SMILES string of the molecule is Cc1noc(C)c1COc1ccc(CNC(C)(CO)C2CC2)cc1. The molecule has 1 fully saturated rings. The first kappa shape index (κ1) is 17.0. The maximum Gasteiger partial charge on any atom is 0.140 e. The van der Waals surface area contributed by atoms with Crippen LogP contribution < -0.4 is 10.1 Å². The van der Waals surface area contributed by atoms with E-state index < -0.39 is 0 Å². The monoisotopic (exact) mass is 330 g/mol. The summed E-state index contributed by atoms with van der Waals surface area (Å²) in [7, 11) is 0. The highest BCUT2D eigenvalue weighted by molar-refractivity contribution is 5.28. The summed E-state index contributed by atoms with van der Waals surface area (Å²) in [5.41, 5.74) is 2.89. The molecule has 1 aliphatic rings. The van der Waals surface area contributed by atoms with Crippen LogP contribution in [0.15, 0.2) is 28.8 Å². The van der Waals surface area contributed by atoms with Crippen LogP contribution in [0.25, 0.3) is 0 Å². The number of benzene rings is 1. The molecule has 130 valence electrons. The van der Waals surface area contributed by atoms with Crippen molar-refractivity contribution in [2.24, 2.45) is 5.92 Å². The molecule has 1 unspecified atom stereocenters. The average molecular weight is 330 g/mol. The molecule has 1 heterocycles. The van der Waals surface area contributed by atoms with E-state index in [1.807, 2.05) is 26.0 Å². The summed E-state index contributed by atoms with van der Waals surface area (Å²) in [6.45, 7) is 7.30. The predicted molar refractivity (Wildman–Crippen MR) is 91.8 cm³/mol. The Balaban J connectivity index is 1.53. The van der Waals surface area contributed by atoms with Crippen LogP contribution in [0.2, 0.25) is 0 Å². The van der Waals surface area contributed by atoms with Gasteiger partial charge in [-0.1, -0.05) is 17.3 Å². The first-order chi connectivity index (χ1) is 11.5. The zero-order valence-corrected chi connectivity index (χ0v) is 14.6. The van der Waals surface area contributed by atoms with Gasteiger partial charge < -0.3 is 19.7 Å². The molecule has 0 amide bonds. The van der Waals surface area contributed by atoms with Crippen LogP contribution in [0, 0.1) is 19.8 Å². The topological polar surface area (TPSA) is 67.5 Å². The van der Waals surface area contributed by atoms with E-state index in [0.29, 0.717) is 12.5 Å². The van der Waals surface area contributed by atoms with Crippen molar-refractivity contribution < 1.29 is 14.4 Å². The third-order valence-corrected chi connectivity index (χ3v) is 4.99. The van der Waals surface area contributed by atoms with Gasteiger partial charge in [-0.05, 0) is 57.2 Å². The third kappa shape index (κ3) is 3.79. The molecular formula is C19H26N2O3. The van der Waals surface area contributed by atoms with Crippen LogP contribution in [0.3, 0.4) is 0 Å². The van der Waals surface area contributed by atoms with Gasteiger partial charge in [-0.2, -0.15) is 0 Å². The predicted octanol–water partition coefficient (Wildman–Crippen LogP) is 3.12. The lowest BCUT2D eigenvalue weighted by Gasteiger charge is -2.29. The van der Waals surface area contributed by atoms with E-state index >= 15 is 0 Å². The van der Waals surface area contributed by atoms with Gasteiger partial charge in [0.2, 0.25) is 0 Å². The number of aliphatic hydroxyl groups excluding tert-OH is 1. The fourth-order valence-corrected chi connectivity index (χ4v) is 2.92. The lowest BCUT2D eigenvalue weighted by molar-refractivity contribution is 0.153. The summed E-state index contributed by atoms with van der Waals surface area (Å²) in [5.74, 6) is 2.22. The first-order valence-electron chi connectivity index (χ1n) is 8.51. The molecule has 1 atom stereocenters. The van der Waals surface area contributed by atoms with Crippen molar-refractivity contribution in [3.05, 3.63) is 46.8 Å². The van der Waals surface area contributed by atoms with E-state index in [-0.39, 0.29) is 12.1 Å². The Morgan fingerprint density at radius 3 is 2.54 bits per heavy atom. The molecule has 0 radical (unpaired) electrons. The summed E-state index contributed by atoms with van der Waals surface area (Å²) in [6, 6.07) is 8.06. The first-order valence-corrected chi connectivity index (χ1v) is 8.51. The normalized spacial score (nSPS) is 16.8. The summed E-state index contributed by atoms with van der Waals surface area (Å²) < 4.78 is 11.0. The average Bonchev–Trinajstić information content (AvgIpc) is 3.40. The Morgan fingerprint density at radius 2 is 2.00 bits per heavy atom. The highest BCUT2D eigenvalue weighted by Gasteiger charge is 2.40. The molecule has 2 aromatic rings. The number of aliphatic hydroxyl groups is 1. The smallest absolute Gasteiger partial charge is 0.140 e. The maximum absolute atomic E-state index is 9.63. The van der Waals surface area contributed by atoms with Crippen LogP contribution >= 0.6 is 0 Å². The lowest BCUT2D eigenvalue weighted by atomic mass is 9.96. The zero-order valence-electron chi connectivity index (χ0n) is 14.6. The molecule has 0 spiro atoms. The van der Waals surface area contributed by atoms with Crippen molar-refractivity contribution in [3.63, 3.8) is 0 Å². The largest absolute Gasteiger partial charge is 0.489 e. The summed E-state index contributed by atoms with van der Waals surface area (Å²) in [6.07, 6.45) is 2.41. The van der Waals surface area contributed by atoms with E-state index in [0.717, 1.165) is 29.3 Å². The van der Waals surface area contributed by atoms with Crippen molar-refractivity contribution in [1.29, 1.82) is 0 Å². The van der Waals surface area contributed by atoms with Gasteiger partial charge in [0.1, 0.15) is 18.1 Å². The standard InChI is InChI=1S/C19H26N2O3/c1-13-18(14(2)24-21-13)11-23-17-8-4-15(5-9-17)10-20-19(3,12-22)16-6-7-16/h4-5,8-9,16,20,22H,6-7,10-12H2,1-3H3. The van der Waals surface area contributed by atoms with Gasteiger partial charge in [-0.25, -0.2) is 0 Å². The second kappa shape index (κ2) is 6.95. The van der Waals surface area contributed by atoms with Gasteiger partial charge in [-0.3, -0.25) is 0 Å². The maximum atomic E-state index is 9.63. The van der Waals surface area contributed by atoms with Gasteiger partial charge in [0.15, 0.2) is 0 Å². The molecule has 5 nitrogen and oxygen atoms in total. The molecule has 1 aromatic heterocycles. The Hall–Kier alpha value is -1.85. The van der Waals surface area contributed by atoms with Crippen molar-refractivity contribution >= 4 is 0 Å². The second-order valence-electron chi connectivity index (χ2n) is 6.94. The minimum absolute atomic E-state index is 0.168. The van der Waals surface area contributed by atoms with E-state index in [2.05, 4.69) is 29.5 Å². The van der Waals surface area contributed by atoms with Crippen LogP contribution in [0.1, 0.15) is 42.3 Å². The molecule has 1 aliphatic carbocycles. The lowest BCUT2D eigenvalue weighted by Crippen LogP contribution is -2.47. The highest BCUT2D eigenvalue weighted by Crippen LogP contribution is 2.39. The van der Waals surface area contributed by atoms with Gasteiger partial charge in [0.25, 0.3) is 0 Å². The number of nitrogens with one attached hydrogen (secondary N) is 1. The second-order valence-corrected chi connectivity index (χ2v) is 6.94. The van der Waals surface area contributed by atoms with Gasteiger partial charge in [0, 0.05) is 12.1 Å². The number of hydrogen-bond acceptors (Lipinski definition) is 5. The van der Waals surface area contributed by atoms with Crippen molar-refractivity contribution in [1.82, 2.24) is 10.5 Å². The molecular weight excluding hydrogens is 304 g/mol. The van der Waals surface area contributed by atoms with Gasteiger partial charge >= 0.3 is 0 Å². The summed E-state index contributed by atoms with van der Waals surface area (Å²) in [5, 5.41) is 17.1. The van der Waals surface area contributed by atoms with Crippen LogP contribution in [0.4, 0.5) is 0 Å². The molecule has 1 saturated carbocycles. The number of ether oxygens (including phenoxy) is 1. The quantitative estimate of drug-likeness (QED) is 0.778. The van der Waals surface area contributed by atoms with E-state index in [1.165, 1.54) is 18.4 Å². The number of hydrogen-bond donors (Lipinski definition) is 2. The van der Waals surface area contributed by atoms with E-state index in [4.69, 9.17) is 9.26 Å². The Kier molecular flexibility index (Phi) is 4.92. The molecule has 0 bridgehead atoms. The molecule has 5 heteroatoms. The Morgan fingerprint density at radius 1 is 1.29 bits per heavy atom. The number of nitrogens with zero attached hydrogens (tertiary/aromatic N) is 1. The minimum Gasteiger partial charge on any atom is -0.489 e. The van der Waals surface area contributed by atoms with Crippen LogP contribution in [0.5, 0.6) is 5.75 Å². The van der Waals surface area contributed by atoms with Crippen molar-refractivity contribution in [2.45, 2.75) is 52.3 Å². The Bertz CT molecular complexity index is 657. The molecule has 2 N–H and O–H groups in total. The number of aromatic nitrogens is 1. The molecule has 0 aliphatic heterocycles. The van der Waals surface area contributed by atoms with Crippen LogP contribution in [-0.4, -0.2) is 22.4 Å². The zero-order chi connectivity index (χ0) is 17.2. The number of aryl methyl sites for hydroxylation is 2. The van der Waals surface area contributed by atoms with Gasteiger partial charge in [-0.15, -0.1) is 0 Å². The number of rotatable bonds is 8. The van der Waals surface area contributed by atoms with Crippen LogP contribution in [-0.2, 0) is 13.2 Å². The highest BCUT2D eigenvalue weighted by atomic mass is 16.5. The fraction of sp³-hybridized carbons (Fsp3) is 0.526. The molecule has 0 saturated heterocycles. The molecule has 3 rings (SSSR count). The van der Waals surface area contributed by atoms with Crippen molar-refractivity contribution in [2.75, 3.05) is 6.61 Å². The van der Waals surface area contributed by atoms with E-state index in [9.17, 15) is 5.11 Å². The van der Waals surface area contributed by atoms with Gasteiger partial charge in [0.05, 0.1) is 17.9 Å². The Labute approximate surface area is 143 Å². The summed E-state index contributed by atoms with van der Waals surface area (Å²) >= 11 is 0.